The highest BCUT2D eigenvalue weighted by molar-refractivity contribution is 6.43. The van der Waals surface area contributed by atoms with E-state index in [1.807, 2.05) is 0 Å². The van der Waals surface area contributed by atoms with Crippen molar-refractivity contribution >= 4 is 34.8 Å². The molecule has 2 aromatic rings. The van der Waals surface area contributed by atoms with E-state index in [0.717, 1.165) is 0 Å². The Hall–Kier alpha value is -0.760. The van der Waals surface area contributed by atoms with E-state index in [2.05, 4.69) is 0 Å². The van der Waals surface area contributed by atoms with Gasteiger partial charge in [-0.2, -0.15) is 0 Å². The van der Waals surface area contributed by atoms with Crippen LogP contribution in [0.4, 0.5) is 4.39 Å². The Kier molecular flexibility index (Phi) is 3.93. The second kappa shape index (κ2) is 5.26. The summed E-state index contributed by atoms with van der Waals surface area (Å²) in [5.41, 5.74) is 1.79. The van der Waals surface area contributed by atoms with Crippen molar-refractivity contribution < 1.29 is 4.39 Å². The number of alkyl halides is 1. The highest BCUT2D eigenvalue weighted by Gasteiger charge is 2.13. The lowest BCUT2D eigenvalue weighted by Gasteiger charge is -2.10. The van der Waals surface area contributed by atoms with E-state index in [-0.39, 0.29) is 11.7 Å². The molecule has 0 aliphatic heterocycles. The lowest BCUT2D eigenvalue weighted by atomic mass is 10.00. The van der Waals surface area contributed by atoms with Crippen molar-refractivity contribution in [3.8, 4) is 11.1 Å². The Morgan fingerprint density at radius 2 is 1.59 bits per heavy atom. The minimum Gasteiger partial charge on any atom is -0.207 e. The van der Waals surface area contributed by atoms with Crippen LogP contribution in [0.2, 0.25) is 10.0 Å². The molecule has 0 heterocycles. The predicted molar refractivity (Wildman–Crippen MR) is 71.4 cm³/mol. The monoisotopic (exact) mass is 288 g/mol. The van der Waals surface area contributed by atoms with E-state index in [1.165, 1.54) is 6.07 Å². The maximum atomic E-state index is 13.6. The van der Waals surface area contributed by atoms with Crippen LogP contribution in [-0.2, 0) is 5.88 Å². The maximum absolute atomic E-state index is 13.6. The molecule has 17 heavy (non-hydrogen) atoms. The van der Waals surface area contributed by atoms with E-state index in [0.29, 0.717) is 26.7 Å². The van der Waals surface area contributed by atoms with Crippen molar-refractivity contribution in [2.45, 2.75) is 5.88 Å². The first-order valence-electron chi connectivity index (χ1n) is 4.93. The van der Waals surface area contributed by atoms with Gasteiger partial charge in [0, 0.05) is 11.1 Å². The van der Waals surface area contributed by atoms with Gasteiger partial charge in [-0.05, 0) is 17.7 Å². The van der Waals surface area contributed by atoms with Crippen LogP contribution in [-0.4, -0.2) is 0 Å². The number of rotatable bonds is 2. The largest absolute Gasteiger partial charge is 0.207 e. The fraction of sp³-hybridized carbons (Fsp3) is 0.0769. The van der Waals surface area contributed by atoms with Crippen LogP contribution in [0.15, 0.2) is 36.4 Å². The summed E-state index contributed by atoms with van der Waals surface area (Å²) in [4.78, 5) is 0. The molecule has 0 nitrogen and oxygen atoms in total. The fourth-order valence-electron chi connectivity index (χ4n) is 1.66. The van der Waals surface area contributed by atoms with Crippen molar-refractivity contribution in [3.05, 3.63) is 57.8 Å². The van der Waals surface area contributed by atoms with Gasteiger partial charge in [-0.25, -0.2) is 4.39 Å². The van der Waals surface area contributed by atoms with Gasteiger partial charge in [0.2, 0.25) is 0 Å². The molecule has 0 fully saturated rings. The molecular weight excluding hydrogens is 282 g/mol. The molecule has 2 aromatic carbocycles. The highest BCUT2D eigenvalue weighted by atomic mass is 35.5. The van der Waals surface area contributed by atoms with E-state index < -0.39 is 0 Å². The van der Waals surface area contributed by atoms with E-state index in [1.54, 1.807) is 30.3 Å². The Labute approximate surface area is 114 Å². The molecule has 0 aliphatic carbocycles. The van der Waals surface area contributed by atoms with Crippen LogP contribution in [0.5, 0.6) is 0 Å². The maximum Gasteiger partial charge on any atom is 0.128 e. The zero-order chi connectivity index (χ0) is 12.4. The SMILES string of the molecule is Fc1cccc(-c2cccc(Cl)c2Cl)c1CCl. The number of halogens is 4. The Balaban J connectivity index is 2.68. The molecule has 0 aromatic heterocycles. The van der Waals surface area contributed by atoms with Crippen LogP contribution in [0.1, 0.15) is 5.56 Å². The summed E-state index contributed by atoms with van der Waals surface area (Å²) in [6.07, 6.45) is 0. The van der Waals surface area contributed by atoms with Crippen LogP contribution in [0, 0.1) is 5.82 Å². The Bertz CT molecular complexity index is 552. The topological polar surface area (TPSA) is 0 Å². The average Bonchev–Trinajstić information content (AvgIpc) is 2.32. The van der Waals surface area contributed by atoms with Gasteiger partial charge in [-0.15, -0.1) is 11.6 Å². The zero-order valence-electron chi connectivity index (χ0n) is 8.68. The molecule has 0 saturated carbocycles. The van der Waals surface area contributed by atoms with Crippen LogP contribution in [0.3, 0.4) is 0 Å². The molecule has 0 aliphatic rings. The predicted octanol–water partition coefficient (Wildman–Crippen LogP) is 5.54. The third-order valence-electron chi connectivity index (χ3n) is 2.49. The molecule has 0 amide bonds. The highest BCUT2D eigenvalue weighted by Crippen LogP contribution is 2.36. The summed E-state index contributed by atoms with van der Waals surface area (Å²) in [5.74, 6) is -0.251. The first-order chi connectivity index (χ1) is 8.15. The molecule has 0 unspecified atom stereocenters. The Morgan fingerprint density at radius 3 is 2.29 bits per heavy atom. The van der Waals surface area contributed by atoms with Crippen LogP contribution >= 0.6 is 34.8 Å². The molecule has 0 N–H and O–H groups in total. The summed E-state index contributed by atoms with van der Waals surface area (Å²) in [5, 5.41) is 0.847. The molecule has 4 heteroatoms. The van der Waals surface area contributed by atoms with Crippen molar-refractivity contribution in [1.29, 1.82) is 0 Å². The third kappa shape index (κ3) is 2.42. The van der Waals surface area contributed by atoms with Crippen molar-refractivity contribution in [1.82, 2.24) is 0 Å². The molecule has 0 saturated heterocycles. The summed E-state index contributed by atoms with van der Waals surface area (Å²) >= 11 is 17.8. The Morgan fingerprint density at radius 1 is 0.941 bits per heavy atom. The molecular formula is C13H8Cl3F. The summed E-state index contributed by atoms with van der Waals surface area (Å²) in [6, 6.07) is 10.0. The standard InChI is InChI=1S/C13H8Cl3F/c14-7-10-8(3-2-6-12(10)17)9-4-1-5-11(15)13(9)16/h1-6H,7H2. The van der Waals surface area contributed by atoms with Gasteiger partial charge in [0.15, 0.2) is 0 Å². The van der Waals surface area contributed by atoms with E-state index in [9.17, 15) is 4.39 Å². The molecule has 0 spiro atoms. The summed E-state index contributed by atoms with van der Waals surface area (Å²) in [6.45, 7) is 0. The first-order valence-corrected chi connectivity index (χ1v) is 6.22. The number of hydrogen-bond donors (Lipinski definition) is 0. The summed E-state index contributed by atoms with van der Waals surface area (Å²) in [7, 11) is 0. The molecule has 0 radical (unpaired) electrons. The van der Waals surface area contributed by atoms with Gasteiger partial charge in [0.25, 0.3) is 0 Å². The quantitative estimate of drug-likeness (QED) is 0.637. The smallest absolute Gasteiger partial charge is 0.128 e. The van der Waals surface area contributed by atoms with Gasteiger partial charge in [-0.3, -0.25) is 0 Å². The van der Waals surface area contributed by atoms with Gasteiger partial charge >= 0.3 is 0 Å². The lowest BCUT2D eigenvalue weighted by molar-refractivity contribution is 0.617. The van der Waals surface area contributed by atoms with Crippen molar-refractivity contribution in [3.63, 3.8) is 0 Å². The van der Waals surface area contributed by atoms with Gasteiger partial charge < -0.3 is 0 Å². The van der Waals surface area contributed by atoms with Crippen molar-refractivity contribution in [2.75, 3.05) is 0 Å². The van der Waals surface area contributed by atoms with Crippen molar-refractivity contribution in [2.24, 2.45) is 0 Å². The van der Waals surface area contributed by atoms with Crippen LogP contribution in [0.25, 0.3) is 11.1 Å². The van der Waals surface area contributed by atoms with E-state index in [4.69, 9.17) is 34.8 Å². The van der Waals surface area contributed by atoms with Crippen LogP contribution < -0.4 is 0 Å². The third-order valence-corrected chi connectivity index (χ3v) is 3.58. The molecule has 0 atom stereocenters. The lowest BCUT2D eigenvalue weighted by Crippen LogP contribution is -1.92. The molecule has 88 valence electrons. The minimum absolute atomic E-state index is 0.0881. The van der Waals surface area contributed by atoms with E-state index >= 15 is 0 Å². The fourth-order valence-corrected chi connectivity index (χ4v) is 2.33. The second-order valence-corrected chi connectivity index (χ2v) is 4.55. The average molecular weight is 290 g/mol. The number of hydrogen-bond acceptors (Lipinski definition) is 0. The zero-order valence-corrected chi connectivity index (χ0v) is 11.0. The minimum atomic E-state index is -0.339. The molecule has 2 rings (SSSR count). The summed E-state index contributed by atoms with van der Waals surface area (Å²) < 4.78 is 13.6. The molecule has 0 bridgehead atoms. The number of benzene rings is 2. The normalized spacial score (nSPS) is 10.6. The first kappa shape index (κ1) is 12.7. The van der Waals surface area contributed by atoms with Gasteiger partial charge in [0.1, 0.15) is 5.82 Å². The second-order valence-electron chi connectivity index (χ2n) is 3.50. The van der Waals surface area contributed by atoms with Gasteiger partial charge in [-0.1, -0.05) is 47.5 Å². The van der Waals surface area contributed by atoms with Gasteiger partial charge in [0.05, 0.1) is 15.9 Å².